The van der Waals surface area contributed by atoms with Gasteiger partial charge in [-0.25, -0.2) is 0 Å². The molecule has 0 saturated carbocycles. The van der Waals surface area contributed by atoms with Gasteiger partial charge in [0.25, 0.3) is 0 Å². The van der Waals surface area contributed by atoms with Crippen LogP contribution in [0.1, 0.15) is 11.1 Å². The zero-order valence-electron chi connectivity index (χ0n) is 12.1. The summed E-state index contributed by atoms with van der Waals surface area (Å²) in [5, 5.41) is 9.40. The molecule has 0 aliphatic heterocycles. The molecular weight excluding hydrogens is 268 g/mol. The van der Waals surface area contributed by atoms with Crippen molar-refractivity contribution < 1.29 is 19.4 Å². The van der Waals surface area contributed by atoms with E-state index < -0.39 is 0 Å². The summed E-state index contributed by atoms with van der Waals surface area (Å²) in [7, 11) is 3.14. The van der Waals surface area contributed by atoms with Gasteiger partial charge in [0.2, 0.25) is 0 Å². The van der Waals surface area contributed by atoms with Crippen molar-refractivity contribution in [2.24, 2.45) is 0 Å². The van der Waals surface area contributed by atoms with E-state index in [0.717, 1.165) is 11.1 Å². The number of ketones is 1. The van der Waals surface area contributed by atoms with E-state index in [1.807, 2.05) is 12.1 Å². The van der Waals surface area contributed by atoms with E-state index >= 15 is 0 Å². The molecule has 2 aromatic rings. The van der Waals surface area contributed by atoms with Crippen molar-refractivity contribution in [1.29, 1.82) is 0 Å². The van der Waals surface area contributed by atoms with E-state index in [9.17, 15) is 9.90 Å². The number of methoxy groups -OCH3 is 2. The molecule has 0 radical (unpaired) electrons. The lowest BCUT2D eigenvalue weighted by atomic mass is 10.0. The zero-order valence-corrected chi connectivity index (χ0v) is 12.1. The lowest BCUT2D eigenvalue weighted by Crippen LogP contribution is -2.06. The van der Waals surface area contributed by atoms with Gasteiger partial charge in [-0.15, -0.1) is 0 Å². The number of carbonyl (C=O) groups excluding carboxylic acids is 1. The Kier molecular flexibility index (Phi) is 4.82. The molecule has 0 aliphatic rings. The van der Waals surface area contributed by atoms with Crippen molar-refractivity contribution in [3.63, 3.8) is 0 Å². The third kappa shape index (κ3) is 3.99. The highest BCUT2D eigenvalue weighted by Crippen LogP contribution is 2.27. The van der Waals surface area contributed by atoms with Crippen LogP contribution in [-0.4, -0.2) is 25.1 Å². The summed E-state index contributed by atoms with van der Waals surface area (Å²) in [6, 6.07) is 12.2. The quantitative estimate of drug-likeness (QED) is 0.887. The first kappa shape index (κ1) is 14.9. The molecule has 0 saturated heterocycles. The van der Waals surface area contributed by atoms with Crippen molar-refractivity contribution in [3.05, 3.63) is 53.6 Å². The second-order valence-corrected chi connectivity index (χ2v) is 4.75. The predicted molar refractivity (Wildman–Crippen MR) is 80.1 cm³/mol. The average molecular weight is 286 g/mol. The molecule has 0 fully saturated rings. The number of ether oxygens (including phenoxy) is 2. The van der Waals surface area contributed by atoms with E-state index in [-0.39, 0.29) is 11.5 Å². The molecule has 0 heterocycles. The number of carbonyl (C=O) groups is 1. The minimum absolute atomic E-state index is 0.0767. The number of phenolic OH excluding ortho intramolecular Hbond substituents is 1. The Morgan fingerprint density at radius 1 is 0.952 bits per heavy atom. The molecular formula is C17H18O4. The molecule has 0 atom stereocenters. The third-order valence-electron chi connectivity index (χ3n) is 3.16. The fourth-order valence-corrected chi connectivity index (χ4v) is 2.17. The van der Waals surface area contributed by atoms with Crippen molar-refractivity contribution in [1.82, 2.24) is 0 Å². The van der Waals surface area contributed by atoms with E-state index in [0.29, 0.717) is 24.3 Å². The first-order chi connectivity index (χ1) is 10.1. The number of rotatable bonds is 6. The van der Waals surface area contributed by atoms with E-state index in [2.05, 4.69) is 0 Å². The Labute approximate surface area is 123 Å². The fraction of sp³-hybridized carbons (Fsp3) is 0.235. The molecule has 2 aromatic carbocycles. The van der Waals surface area contributed by atoms with Crippen LogP contribution < -0.4 is 9.47 Å². The van der Waals surface area contributed by atoms with Gasteiger partial charge in [-0.05, 0) is 35.4 Å². The maximum Gasteiger partial charge on any atom is 0.161 e. The first-order valence-corrected chi connectivity index (χ1v) is 6.63. The number of hydrogen-bond acceptors (Lipinski definition) is 4. The highest BCUT2D eigenvalue weighted by atomic mass is 16.5. The Bertz CT molecular complexity index is 634. The Morgan fingerprint density at radius 3 is 2.24 bits per heavy atom. The maximum atomic E-state index is 12.1. The number of hydrogen-bond donors (Lipinski definition) is 1. The van der Waals surface area contributed by atoms with Gasteiger partial charge in [-0.3, -0.25) is 4.79 Å². The van der Waals surface area contributed by atoms with Gasteiger partial charge in [0.05, 0.1) is 14.2 Å². The second kappa shape index (κ2) is 6.79. The molecule has 4 heteroatoms. The fourth-order valence-electron chi connectivity index (χ4n) is 2.17. The van der Waals surface area contributed by atoms with Gasteiger partial charge in [-0.2, -0.15) is 0 Å². The molecule has 0 unspecified atom stereocenters. The monoisotopic (exact) mass is 286 g/mol. The molecule has 0 amide bonds. The molecule has 0 aromatic heterocycles. The smallest absolute Gasteiger partial charge is 0.161 e. The normalized spacial score (nSPS) is 10.2. The number of phenols is 1. The van der Waals surface area contributed by atoms with Gasteiger partial charge >= 0.3 is 0 Å². The summed E-state index contributed by atoms with van der Waals surface area (Å²) in [5.74, 6) is 1.50. The molecule has 110 valence electrons. The van der Waals surface area contributed by atoms with Gasteiger partial charge in [0, 0.05) is 12.8 Å². The van der Waals surface area contributed by atoms with Crippen molar-refractivity contribution >= 4 is 5.78 Å². The molecule has 0 aliphatic carbocycles. The molecule has 2 rings (SSSR count). The average Bonchev–Trinajstić information content (AvgIpc) is 2.47. The van der Waals surface area contributed by atoms with Crippen molar-refractivity contribution in [3.8, 4) is 17.2 Å². The Balaban J connectivity index is 2.06. The van der Waals surface area contributed by atoms with Gasteiger partial charge < -0.3 is 14.6 Å². The predicted octanol–water partition coefficient (Wildman–Crippen LogP) is 2.76. The largest absolute Gasteiger partial charge is 0.508 e. The van der Waals surface area contributed by atoms with E-state index in [1.54, 1.807) is 44.6 Å². The van der Waals surface area contributed by atoms with Crippen LogP contribution in [0.15, 0.2) is 42.5 Å². The third-order valence-corrected chi connectivity index (χ3v) is 3.16. The van der Waals surface area contributed by atoms with Crippen LogP contribution in [0.3, 0.4) is 0 Å². The Hall–Kier alpha value is -2.49. The highest BCUT2D eigenvalue weighted by Gasteiger charge is 2.09. The molecule has 4 nitrogen and oxygen atoms in total. The number of aromatic hydroxyl groups is 1. The van der Waals surface area contributed by atoms with Crippen molar-refractivity contribution in [2.45, 2.75) is 12.8 Å². The van der Waals surface area contributed by atoms with Gasteiger partial charge in [0.15, 0.2) is 11.5 Å². The lowest BCUT2D eigenvalue weighted by Gasteiger charge is -2.09. The van der Waals surface area contributed by atoms with Crippen LogP contribution >= 0.6 is 0 Å². The van der Waals surface area contributed by atoms with Gasteiger partial charge in [-0.1, -0.05) is 18.2 Å². The summed E-state index contributed by atoms with van der Waals surface area (Å²) >= 11 is 0. The van der Waals surface area contributed by atoms with Gasteiger partial charge in [0.1, 0.15) is 11.5 Å². The van der Waals surface area contributed by atoms with Crippen molar-refractivity contribution in [2.75, 3.05) is 14.2 Å². The molecule has 21 heavy (non-hydrogen) atoms. The van der Waals surface area contributed by atoms with Crippen LogP contribution in [0.4, 0.5) is 0 Å². The minimum Gasteiger partial charge on any atom is -0.508 e. The summed E-state index contributed by atoms with van der Waals surface area (Å²) in [6.45, 7) is 0. The number of Topliss-reactive ketones (excluding diaryl/α,β-unsaturated/α-hetero) is 1. The first-order valence-electron chi connectivity index (χ1n) is 6.63. The summed E-state index contributed by atoms with van der Waals surface area (Å²) in [5.41, 5.74) is 1.68. The SMILES string of the molecule is COc1ccc(CC(=O)Cc2cccc(O)c2)cc1OC. The molecule has 1 N–H and O–H groups in total. The van der Waals surface area contributed by atoms with Crippen LogP contribution in [0.25, 0.3) is 0 Å². The highest BCUT2D eigenvalue weighted by molar-refractivity contribution is 5.83. The summed E-state index contributed by atoms with van der Waals surface area (Å²) in [6.07, 6.45) is 0.610. The summed E-state index contributed by atoms with van der Waals surface area (Å²) in [4.78, 5) is 12.1. The number of benzene rings is 2. The maximum absolute atomic E-state index is 12.1. The molecule has 0 bridgehead atoms. The summed E-state index contributed by atoms with van der Waals surface area (Å²) < 4.78 is 10.4. The Morgan fingerprint density at radius 2 is 1.62 bits per heavy atom. The standard InChI is InChI=1S/C17H18O4/c1-20-16-7-6-13(11-17(16)21-2)10-15(19)9-12-4-3-5-14(18)8-12/h3-8,11,18H,9-10H2,1-2H3. The van der Waals surface area contributed by atoms with E-state index in [4.69, 9.17) is 9.47 Å². The van der Waals surface area contributed by atoms with E-state index in [1.165, 1.54) is 0 Å². The second-order valence-electron chi connectivity index (χ2n) is 4.75. The van der Waals surface area contributed by atoms with Crippen LogP contribution in [0.5, 0.6) is 17.2 Å². The van der Waals surface area contributed by atoms with Crippen LogP contribution in [0, 0.1) is 0 Å². The topological polar surface area (TPSA) is 55.8 Å². The van der Waals surface area contributed by atoms with Crippen LogP contribution in [0.2, 0.25) is 0 Å². The molecule has 0 spiro atoms. The minimum atomic E-state index is 0.0767. The lowest BCUT2D eigenvalue weighted by molar-refractivity contribution is -0.117. The zero-order chi connectivity index (χ0) is 15.2. The van der Waals surface area contributed by atoms with Crippen LogP contribution in [-0.2, 0) is 17.6 Å².